The van der Waals surface area contributed by atoms with E-state index in [1.807, 2.05) is 12.1 Å². The maximum Gasteiger partial charge on any atom is 0.115 e. The number of hydrogen-bond donors (Lipinski definition) is 1. The van der Waals surface area contributed by atoms with Crippen LogP contribution in [0, 0.1) is 11.8 Å². The molecule has 1 aromatic rings. The Hall–Kier alpha value is -1.06. The van der Waals surface area contributed by atoms with E-state index in [2.05, 4.69) is 23.6 Å². The van der Waals surface area contributed by atoms with E-state index in [0.29, 0.717) is 17.7 Å². The van der Waals surface area contributed by atoms with Gasteiger partial charge in [-0.1, -0.05) is 26.0 Å². The van der Waals surface area contributed by atoms with Crippen molar-refractivity contribution in [2.75, 3.05) is 26.2 Å². The summed E-state index contributed by atoms with van der Waals surface area (Å²) in [4.78, 5) is 5.36. The molecule has 0 bridgehead atoms. The lowest BCUT2D eigenvalue weighted by Gasteiger charge is -2.34. The molecule has 0 unspecified atom stereocenters. The van der Waals surface area contributed by atoms with Gasteiger partial charge in [-0.2, -0.15) is 0 Å². The molecule has 2 aliphatic rings. The van der Waals surface area contributed by atoms with Crippen LogP contribution in [0.3, 0.4) is 0 Å². The highest BCUT2D eigenvalue weighted by molar-refractivity contribution is 5.25. The first-order chi connectivity index (χ1) is 10.6. The Morgan fingerprint density at radius 3 is 2.50 bits per heavy atom. The molecule has 0 radical (unpaired) electrons. The molecule has 3 heteroatoms. The summed E-state index contributed by atoms with van der Waals surface area (Å²) < 4.78 is 0. The van der Waals surface area contributed by atoms with Crippen molar-refractivity contribution in [1.82, 2.24) is 9.80 Å². The van der Waals surface area contributed by atoms with E-state index in [-0.39, 0.29) is 0 Å². The number of rotatable bonds is 5. The van der Waals surface area contributed by atoms with Gasteiger partial charge in [0.1, 0.15) is 5.75 Å². The fourth-order valence-corrected chi connectivity index (χ4v) is 3.63. The first-order valence-corrected chi connectivity index (χ1v) is 8.86. The molecule has 22 heavy (non-hydrogen) atoms. The van der Waals surface area contributed by atoms with E-state index in [0.717, 1.165) is 12.5 Å². The van der Waals surface area contributed by atoms with Gasteiger partial charge < -0.3 is 5.11 Å². The van der Waals surface area contributed by atoms with Gasteiger partial charge in [-0.15, -0.1) is 0 Å². The molecule has 0 spiro atoms. The number of nitrogens with zero attached hydrogens (tertiary/aromatic N) is 2. The Bertz CT molecular complexity index is 467. The van der Waals surface area contributed by atoms with Crippen LogP contribution < -0.4 is 0 Å². The third-order valence-corrected chi connectivity index (χ3v) is 5.14. The molecular formula is C19H30N2O. The molecule has 0 aromatic heterocycles. The summed E-state index contributed by atoms with van der Waals surface area (Å²) in [7, 11) is 0. The molecule has 3 nitrogen and oxygen atoms in total. The van der Waals surface area contributed by atoms with Crippen molar-refractivity contribution >= 4 is 0 Å². The predicted molar refractivity (Wildman–Crippen MR) is 90.9 cm³/mol. The highest BCUT2D eigenvalue weighted by Crippen LogP contribution is 2.32. The third-order valence-electron chi connectivity index (χ3n) is 5.14. The summed E-state index contributed by atoms with van der Waals surface area (Å²) in [5, 5.41) is 9.43. The van der Waals surface area contributed by atoms with Crippen molar-refractivity contribution in [3.8, 4) is 5.75 Å². The van der Waals surface area contributed by atoms with Crippen LogP contribution in [0.2, 0.25) is 0 Å². The van der Waals surface area contributed by atoms with Crippen LogP contribution in [0.1, 0.15) is 38.7 Å². The molecule has 1 aliphatic carbocycles. The molecule has 1 heterocycles. The largest absolute Gasteiger partial charge is 0.508 e. The van der Waals surface area contributed by atoms with Crippen LogP contribution in [0.15, 0.2) is 24.3 Å². The van der Waals surface area contributed by atoms with Crippen molar-refractivity contribution in [3.63, 3.8) is 0 Å². The molecule has 0 amide bonds. The van der Waals surface area contributed by atoms with E-state index in [1.165, 1.54) is 51.0 Å². The molecule has 1 N–H and O–H groups in total. The summed E-state index contributed by atoms with van der Waals surface area (Å²) >= 11 is 0. The Balaban J connectivity index is 1.63. The minimum atomic E-state index is 0.357. The summed E-state index contributed by atoms with van der Waals surface area (Å²) in [6.07, 6.45) is 4.16. The second-order valence-electron chi connectivity index (χ2n) is 7.50. The second-order valence-corrected chi connectivity index (χ2v) is 7.50. The van der Waals surface area contributed by atoms with Gasteiger partial charge in [-0.05, 0) is 61.9 Å². The van der Waals surface area contributed by atoms with E-state index < -0.39 is 0 Å². The Morgan fingerprint density at radius 2 is 1.86 bits per heavy atom. The minimum Gasteiger partial charge on any atom is -0.508 e. The fraction of sp³-hybridized carbons (Fsp3) is 0.684. The van der Waals surface area contributed by atoms with Crippen LogP contribution in [0.5, 0.6) is 5.75 Å². The zero-order valence-electron chi connectivity index (χ0n) is 14.0. The molecule has 1 saturated carbocycles. The SMILES string of the molecule is CC(C)[C@@H]1CN(Cc2ccc(O)cc2)CCCN1CC1CC1. The Morgan fingerprint density at radius 1 is 1.14 bits per heavy atom. The second kappa shape index (κ2) is 7.01. The fourth-order valence-electron chi connectivity index (χ4n) is 3.63. The minimum absolute atomic E-state index is 0.357. The molecule has 3 rings (SSSR count). The first-order valence-electron chi connectivity index (χ1n) is 8.86. The summed E-state index contributed by atoms with van der Waals surface area (Å²) in [6.45, 7) is 10.7. The molecule has 122 valence electrons. The zero-order valence-corrected chi connectivity index (χ0v) is 14.0. The predicted octanol–water partition coefficient (Wildman–Crippen LogP) is 3.33. The highest BCUT2D eigenvalue weighted by atomic mass is 16.3. The van der Waals surface area contributed by atoms with Gasteiger partial charge in [0.15, 0.2) is 0 Å². The highest BCUT2D eigenvalue weighted by Gasteiger charge is 2.31. The van der Waals surface area contributed by atoms with Gasteiger partial charge in [-0.3, -0.25) is 9.80 Å². The maximum absolute atomic E-state index is 9.43. The average Bonchev–Trinajstić information content (AvgIpc) is 3.30. The van der Waals surface area contributed by atoms with Gasteiger partial charge in [-0.25, -0.2) is 0 Å². The van der Waals surface area contributed by atoms with E-state index in [4.69, 9.17) is 0 Å². The molecule has 1 saturated heterocycles. The van der Waals surface area contributed by atoms with Crippen LogP contribution >= 0.6 is 0 Å². The van der Waals surface area contributed by atoms with E-state index in [1.54, 1.807) is 12.1 Å². The van der Waals surface area contributed by atoms with Crippen molar-refractivity contribution < 1.29 is 5.11 Å². The standard InChI is InChI=1S/C19H30N2O/c1-15(2)19-14-20(12-16-6-8-18(22)9-7-16)10-3-11-21(19)13-17-4-5-17/h6-9,15,17,19,22H,3-5,10-14H2,1-2H3/t19-/m0/s1. The number of benzene rings is 1. The van der Waals surface area contributed by atoms with Crippen LogP contribution in [-0.4, -0.2) is 47.1 Å². The molecular weight excluding hydrogens is 272 g/mol. The Labute approximate surface area is 134 Å². The lowest BCUT2D eigenvalue weighted by molar-refractivity contribution is 0.132. The molecule has 2 fully saturated rings. The quantitative estimate of drug-likeness (QED) is 0.904. The monoisotopic (exact) mass is 302 g/mol. The summed E-state index contributed by atoms with van der Waals surface area (Å²) in [5.74, 6) is 2.04. The number of phenolic OH excluding ortho intramolecular Hbond substituents is 1. The number of phenols is 1. The average molecular weight is 302 g/mol. The topological polar surface area (TPSA) is 26.7 Å². The van der Waals surface area contributed by atoms with Gasteiger partial charge >= 0.3 is 0 Å². The van der Waals surface area contributed by atoms with Crippen LogP contribution in [-0.2, 0) is 6.54 Å². The first kappa shape index (κ1) is 15.8. The lowest BCUT2D eigenvalue weighted by atomic mass is 10.0. The maximum atomic E-state index is 9.43. The summed E-state index contributed by atoms with van der Waals surface area (Å²) in [6, 6.07) is 8.37. The third kappa shape index (κ3) is 4.23. The van der Waals surface area contributed by atoms with Gasteiger partial charge in [0.2, 0.25) is 0 Å². The van der Waals surface area contributed by atoms with Gasteiger partial charge in [0, 0.05) is 25.7 Å². The van der Waals surface area contributed by atoms with Crippen LogP contribution in [0.4, 0.5) is 0 Å². The van der Waals surface area contributed by atoms with Crippen molar-refractivity contribution in [2.24, 2.45) is 11.8 Å². The molecule has 1 aromatic carbocycles. The summed E-state index contributed by atoms with van der Waals surface area (Å²) in [5.41, 5.74) is 1.30. The zero-order chi connectivity index (χ0) is 15.5. The Kier molecular flexibility index (Phi) is 5.04. The lowest BCUT2D eigenvalue weighted by Crippen LogP contribution is -2.45. The molecule has 1 atom stereocenters. The van der Waals surface area contributed by atoms with Gasteiger partial charge in [0.05, 0.1) is 0 Å². The van der Waals surface area contributed by atoms with E-state index >= 15 is 0 Å². The van der Waals surface area contributed by atoms with Crippen molar-refractivity contribution in [2.45, 2.75) is 45.7 Å². The smallest absolute Gasteiger partial charge is 0.115 e. The van der Waals surface area contributed by atoms with Crippen molar-refractivity contribution in [3.05, 3.63) is 29.8 Å². The van der Waals surface area contributed by atoms with E-state index in [9.17, 15) is 5.11 Å². The van der Waals surface area contributed by atoms with Crippen LogP contribution in [0.25, 0.3) is 0 Å². The number of hydrogen-bond acceptors (Lipinski definition) is 3. The number of aromatic hydroxyl groups is 1. The van der Waals surface area contributed by atoms with Gasteiger partial charge in [0.25, 0.3) is 0 Å². The molecule has 1 aliphatic heterocycles. The normalized spacial score (nSPS) is 24.6. The van der Waals surface area contributed by atoms with Crippen molar-refractivity contribution in [1.29, 1.82) is 0 Å².